The molecule has 0 bridgehead atoms. The van der Waals surface area contributed by atoms with Gasteiger partial charge in [-0.3, -0.25) is 4.79 Å². The van der Waals surface area contributed by atoms with Crippen LogP contribution in [0.15, 0.2) is 23.1 Å². The van der Waals surface area contributed by atoms with Crippen molar-refractivity contribution >= 4 is 21.6 Å². The monoisotopic (exact) mass is 314 g/mol. The first-order chi connectivity index (χ1) is 9.84. The molecule has 1 aliphatic rings. The van der Waals surface area contributed by atoms with Gasteiger partial charge in [-0.2, -0.15) is 4.31 Å². The molecule has 1 aromatic rings. The summed E-state index contributed by atoms with van der Waals surface area (Å²) in [6.07, 6.45) is -0.721. The zero-order valence-electron chi connectivity index (χ0n) is 11.9. The summed E-state index contributed by atoms with van der Waals surface area (Å²) in [5, 5.41) is 12.3. The number of likely N-dealkylation sites (N-methyl/N-ethyl adjacent to an activating group) is 1. The quantitative estimate of drug-likeness (QED) is 0.759. The molecule has 21 heavy (non-hydrogen) atoms. The smallest absolute Gasteiger partial charge is 0.242 e. The number of sulfonamides is 1. The van der Waals surface area contributed by atoms with Gasteiger partial charge in [0, 0.05) is 26.4 Å². The zero-order valence-corrected chi connectivity index (χ0v) is 12.7. The Morgan fingerprint density at radius 1 is 1.48 bits per heavy atom. The van der Waals surface area contributed by atoms with E-state index < -0.39 is 16.1 Å². The average molecular weight is 314 g/mol. The Balaban J connectivity index is 2.20. The summed E-state index contributed by atoms with van der Waals surface area (Å²) in [6.45, 7) is -0.00704. The first-order valence-corrected chi connectivity index (χ1v) is 7.84. The van der Waals surface area contributed by atoms with Crippen molar-refractivity contribution in [2.75, 3.05) is 32.6 Å². The number of fused-ring (bicyclic) bond motifs is 1. The first kappa shape index (κ1) is 15.9. The van der Waals surface area contributed by atoms with Crippen LogP contribution in [-0.4, -0.2) is 57.1 Å². The van der Waals surface area contributed by atoms with E-state index in [0.29, 0.717) is 11.3 Å². The van der Waals surface area contributed by atoms with Crippen LogP contribution < -0.4 is 5.32 Å². The minimum Gasteiger partial charge on any atom is -0.389 e. The van der Waals surface area contributed by atoms with Gasteiger partial charge in [-0.15, -0.1) is 0 Å². The van der Waals surface area contributed by atoms with Gasteiger partial charge in [0.2, 0.25) is 15.9 Å². The Hall–Kier alpha value is -1.48. The van der Waals surface area contributed by atoms with Gasteiger partial charge in [0.25, 0.3) is 0 Å². The van der Waals surface area contributed by atoms with Crippen molar-refractivity contribution < 1.29 is 23.1 Å². The molecule has 116 valence electrons. The van der Waals surface area contributed by atoms with Crippen LogP contribution in [0.4, 0.5) is 5.69 Å². The number of hydrogen-bond acceptors (Lipinski definition) is 5. The summed E-state index contributed by atoms with van der Waals surface area (Å²) in [5.41, 5.74) is 1.30. The minimum absolute atomic E-state index is 0.0580. The normalized spacial score (nSPS) is 15.9. The SMILES string of the molecule is COCC(O)CN(C)S(=O)(=O)c1ccc2c(c1)CC(=O)N2. The Bertz CT molecular complexity index is 644. The maximum Gasteiger partial charge on any atom is 0.242 e. The van der Waals surface area contributed by atoms with E-state index in [-0.39, 0.29) is 30.4 Å². The molecular weight excluding hydrogens is 296 g/mol. The molecule has 1 heterocycles. The minimum atomic E-state index is -3.71. The van der Waals surface area contributed by atoms with Gasteiger partial charge in [0.1, 0.15) is 0 Å². The second-order valence-corrected chi connectivity index (χ2v) is 6.98. The molecule has 2 N–H and O–H groups in total. The molecule has 0 spiro atoms. The Morgan fingerprint density at radius 3 is 2.86 bits per heavy atom. The van der Waals surface area contributed by atoms with E-state index in [9.17, 15) is 18.3 Å². The summed E-state index contributed by atoms with van der Waals surface area (Å²) in [6, 6.07) is 4.51. The van der Waals surface area contributed by atoms with E-state index in [4.69, 9.17) is 4.74 Å². The number of nitrogens with zero attached hydrogens (tertiary/aromatic N) is 1. The number of carbonyl (C=O) groups excluding carboxylic acids is 1. The lowest BCUT2D eigenvalue weighted by Crippen LogP contribution is -2.36. The molecule has 0 radical (unpaired) electrons. The van der Waals surface area contributed by atoms with Crippen molar-refractivity contribution in [2.45, 2.75) is 17.4 Å². The predicted octanol–water partition coefficient (Wildman–Crippen LogP) is -0.191. The first-order valence-electron chi connectivity index (χ1n) is 6.40. The van der Waals surface area contributed by atoms with E-state index in [2.05, 4.69) is 5.32 Å². The predicted molar refractivity (Wildman–Crippen MR) is 76.5 cm³/mol. The number of rotatable bonds is 6. The molecule has 2 rings (SSSR count). The molecule has 7 nitrogen and oxygen atoms in total. The van der Waals surface area contributed by atoms with Gasteiger partial charge in [-0.1, -0.05) is 0 Å². The number of benzene rings is 1. The van der Waals surface area contributed by atoms with Crippen LogP contribution in [0.1, 0.15) is 5.56 Å². The van der Waals surface area contributed by atoms with Crippen LogP contribution in [0, 0.1) is 0 Å². The second-order valence-electron chi connectivity index (χ2n) is 4.94. The number of ether oxygens (including phenoxy) is 1. The van der Waals surface area contributed by atoms with Crippen molar-refractivity contribution in [3.8, 4) is 0 Å². The van der Waals surface area contributed by atoms with Crippen LogP contribution in [0.25, 0.3) is 0 Å². The van der Waals surface area contributed by atoms with Crippen molar-refractivity contribution in [2.24, 2.45) is 0 Å². The average Bonchev–Trinajstić information content (AvgIpc) is 2.77. The van der Waals surface area contributed by atoms with Gasteiger partial charge < -0.3 is 15.2 Å². The highest BCUT2D eigenvalue weighted by atomic mass is 32.2. The standard InChI is InChI=1S/C13H18N2O5S/c1-15(7-10(16)8-20-2)21(18,19)11-3-4-12-9(5-11)6-13(17)14-12/h3-5,10,16H,6-8H2,1-2H3,(H,14,17). The number of amides is 1. The van der Waals surface area contributed by atoms with Gasteiger partial charge in [0.05, 0.1) is 24.0 Å². The van der Waals surface area contributed by atoms with Crippen LogP contribution in [-0.2, 0) is 26.0 Å². The zero-order chi connectivity index (χ0) is 15.6. The fourth-order valence-corrected chi connectivity index (χ4v) is 3.45. The maximum atomic E-state index is 12.4. The topological polar surface area (TPSA) is 95.9 Å². The van der Waals surface area contributed by atoms with Crippen molar-refractivity contribution in [3.63, 3.8) is 0 Å². The number of aliphatic hydroxyl groups excluding tert-OH is 1. The van der Waals surface area contributed by atoms with E-state index in [1.807, 2.05) is 0 Å². The Kier molecular flexibility index (Phi) is 4.62. The lowest BCUT2D eigenvalue weighted by molar-refractivity contribution is -0.115. The fourth-order valence-electron chi connectivity index (χ4n) is 2.19. The maximum absolute atomic E-state index is 12.4. The molecule has 1 unspecified atom stereocenters. The molecule has 1 atom stereocenters. The van der Waals surface area contributed by atoms with E-state index in [0.717, 1.165) is 4.31 Å². The molecule has 1 aromatic carbocycles. The Morgan fingerprint density at radius 2 is 2.19 bits per heavy atom. The van der Waals surface area contributed by atoms with Crippen LogP contribution in [0.5, 0.6) is 0 Å². The highest BCUT2D eigenvalue weighted by Crippen LogP contribution is 2.26. The number of nitrogens with one attached hydrogen (secondary N) is 1. The lowest BCUT2D eigenvalue weighted by atomic mass is 10.2. The lowest BCUT2D eigenvalue weighted by Gasteiger charge is -2.20. The highest BCUT2D eigenvalue weighted by Gasteiger charge is 2.26. The van der Waals surface area contributed by atoms with Gasteiger partial charge in [0.15, 0.2) is 0 Å². The van der Waals surface area contributed by atoms with E-state index in [1.54, 1.807) is 6.07 Å². The third-order valence-electron chi connectivity index (χ3n) is 3.24. The fraction of sp³-hybridized carbons (Fsp3) is 0.462. The summed E-state index contributed by atoms with van der Waals surface area (Å²) < 4.78 is 30.7. The number of anilines is 1. The highest BCUT2D eigenvalue weighted by molar-refractivity contribution is 7.89. The molecule has 0 aromatic heterocycles. The summed E-state index contributed by atoms with van der Waals surface area (Å²) in [7, 11) is -0.886. The number of aliphatic hydroxyl groups is 1. The van der Waals surface area contributed by atoms with Gasteiger partial charge in [-0.05, 0) is 23.8 Å². The molecule has 8 heteroatoms. The molecule has 0 aliphatic carbocycles. The van der Waals surface area contributed by atoms with Crippen molar-refractivity contribution in [1.29, 1.82) is 0 Å². The van der Waals surface area contributed by atoms with Crippen molar-refractivity contribution in [1.82, 2.24) is 4.31 Å². The third-order valence-corrected chi connectivity index (χ3v) is 5.06. The molecular formula is C13H18N2O5S. The van der Waals surface area contributed by atoms with Crippen LogP contribution in [0.3, 0.4) is 0 Å². The number of methoxy groups -OCH3 is 1. The molecule has 0 saturated heterocycles. The largest absolute Gasteiger partial charge is 0.389 e. The molecule has 1 amide bonds. The van der Waals surface area contributed by atoms with Gasteiger partial charge in [-0.25, -0.2) is 8.42 Å². The number of hydrogen-bond donors (Lipinski definition) is 2. The van der Waals surface area contributed by atoms with Crippen molar-refractivity contribution in [3.05, 3.63) is 23.8 Å². The Labute approximate surface area is 123 Å². The van der Waals surface area contributed by atoms with E-state index in [1.165, 1.54) is 26.3 Å². The molecule has 0 saturated carbocycles. The molecule has 0 fully saturated rings. The van der Waals surface area contributed by atoms with E-state index >= 15 is 0 Å². The third kappa shape index (κ3) is 3.41. The number of carbonyl (C=O) groups is 1. The summed E-state index contributed by atoms with van der Waals surface area (Å²) in [5.74, 6) is -0.150. The molecule has 1 aliphatic heterocycles. The van der Waals surface area contributed by atoms with Gasteiger partial charge >= 0.3 is 0 Å². The van der Waals surface area contributed by atoms with Crippen LogP contribution in [0.2, 0.25) is 0 Å². The summed E-state index contributed by atoms with van der Waals surface area (Å²) >= 11 is 0. The summed E-state index contributed by atoms with van der Waals surface area (Å²) in [4.78, 5) is 11.4. The van der Waals surface area contributed by atoms with Crippen LogP contribution >= 0.6 is 0 Å². The second kappa shape index (κ2) is 6.10.